The Morgan fingerprint density at radius 1 is 1.07 bits per heavy atom. The molecule has 2 heterocycles. The summed E-state index contributed by atoms with van der Waals surface area (Å²) in [6, 6.07) is 9.24. The average Bonchev–Trinajstić information content (AvgIpc) is 3.33. The molecule has 0 saturated heterocycles. The third-order valence-corrected chi connectivity index (χ3v) is 4.30. The summed E-state index contributed by atoms with van der Waals surface area (Å²) < 4.78 is 65.4. The molecule has 0 radical (unpaired) electrons. The standard InChI is InChI=1S/C19H13F4N3O4/c1-18(11-2-4-12(5-3-11)29-19(21,22)23)9-16(26-30-18)28-13-6-7-15(20)14(8-13)17-25-24-10-27-17/h2-8,10H,9H2,1H3/t18-/m0/s1. The van der Waals surface area contributed by atoms with Gasteiger partial charge in [-0.1, -0.05) is 17.3 Å². The van der Waals surface area contributed by atoms with Crippen LogP contribution in [0.4, 0.5) is 17.6 Å². The molecule has 1 aromatic heterocycles. The van der Waals surface area contributed by atoms with Crippen molar-refractivity contribution in [2.24, 2.45) is 5.16 Å². The number of benzene rings is 2. The molecule has 0 aliphatic carbocycles. The second-order valence-electron chi connectivity index (χ2n) is 6.54. The highest BCUT2D eigenvalue weighted by Crippen LogP contribution is 2.36. The van der Waals surface area contributed by atoms with E-state index < -0.39 is 17.8 Å². The number of hydrogen-bond donors (Lipinski definition) is 0. The molecule has 0 fully saturated rings. The van der Waals surface area contributed by atoms with Crippen LogP contribution in [0.5, 0.6) is 11.5 Å². The maximum Gasteiger partial charge on any atom is 0.573 e. The fraction of sp³-hybridized carbons (Fsp3) is 0.211. The predicted octanol–water partition coefficient (Wildman–Crippen LogP) is 4.80. The fourth-order valence-electron chi connectivity index (χ4n) is 2.88. The molecule has 1 aliphatic rings. The number of rotatable bonds is 4. The van der Waals surface area contributed by atoms with Gasteiger partial charge in [-0.2, -0.15) is 0 Å². The van der Waals surface area contributed by atoms with Crippen molar-refractivity contribution in [3.05, 3.63) is 60.2 Å². The molecule has 4 rings (SSSR count). The van der Waals surface area contributed by atoms with E-state index in [1.807, 2.05) is 0 Å². The first-order valence-corrected chi connectivity index (χ1v) is 8.57. The smallest absolute Gasteiger partial charge is 0.440 e. The summed E-state index contributed by atoms with van der Waals surface area (Å²) in [5.41, 5.74) is -0.320. The van der Waals surface area contributed by atoms with Crippen molar-refractivity contribution in [2.75, 3.05) is 0 Å². The molecule has 0 spiro atoms. The van der Waals surface area contributed by atoms with Crippen molar-refractivity contribution in [2.45, 2.75) is 25.3 Å². The van der Waals surface area contributed by atoms with E-state index in [4.69, 9.17) is 14.0 Å². The van der Waals surface area contributed by atoms with Crippen molar-refractivity contribution in [3.63, 3.8) is 0 Å². The molecule has 1 atom stereocenters. The van der Waals surface area contributed by atoms with Crippen LogP contribution in [0.1, 0.15) is 18.9 Å². The van der Waals surface area contributed by atoms with Crippen LogP contribution in [0.2, 0.25) is 0 Å². The van der Waals surface area contributed by atoms with Gasteiger partial charge in [0.05, 0.1) is 12.0 Å². The fourth-order valence-corrected chi connectivity index (χ4v) is 2.88. The topological polar surface area (TPSA) is 79.0 Å². The van der Waals surface area contributed by atoms with E-state index in [0.717, 1.165) is 6.39 Å². The van der Waals surface area contributed by atoms with E-state index in [9.17, 15) is 17.6 Å². The van der Waals surface area contributed by atoms with Crippen molar-refractivity contribution < 1.29 is 36.3 Å². The van der Waals surface area contributed by atoms with Gasteiger partial charge in [-0.25, -0.2) is 4.39 Å². The van der Waals surface area contributed by atoms with Gasteiger partial charge in [0, 0.05) is 0 Å². The first kappa shape index (κ1) is 19.7. The third-order valence-electron chi connectivity index (χ3n) is 4.30. The zero-order chi connectivity index (χ0) is 21.4. The Balaban J connectivity index is 1.46. The SMILES string of the molecule is C[C@@]1(c2ccc(OC(F)(F)F)cc2)CC(Oc2ccc(F)c(-c3nnco3)c2)=NO1. The number of oxime groups is 1. The monoisotopic (exact) mass is 423 g/mol. The maximum absolute atomic E-state index is 14.0. The van der Waals surface area contributed by atoms with Crippen LogP contribution in [-0.2, 0) is 10.4 Å². The zero-order valence-corrected chi connectivity index (χ0v) is 15.3. The molecule has 1 aliphatic heterocycles. The summed E-state index contributed by atoms with van der Waals surface area (Å²) in [6.45, 7) is 1.71. The number of hydrogen-bond acceptors (Lipinski definition) is 7. The second-order valence-corrected chi connectivity index (χ2v) is 6.54. The Bertz CT molecular complexity index is 1070. The molecule has 0 N–H and O–H groups in total. The Labute approximate surface area is 166 Å². The molecule has 156 valence electrons. The van der Waals surface area contributed by atoms with Gasteiger partial charge in [0.15, 0.2) is 5.60 Å². The molecule has 2 aromatic carbocycles. The van der Waals surface area contributed by atoms with E-state index in [1.54, 1.807) is 6.92 Å². The highest BCUT2D eigenvalue weighted by Gasteiger charge is 2.38. The molecule has 0 bridgehead atoms. The first-order valence-electron chi connectivity index (χ1n) is 8.57. The Morgan fingerprint density at radius 3 is 2.47 bits per heavy atom. The largest absolute Gasteiger partial charge is 0.573 e. The lowest BCUT2D eigenvalue weighted by atomic mass is 9.93. The van der Waals surface area contributed by atoms with Gasteiger partial charge >= 0.3 is 6.36 Å². The van der Waals surface area contributed by atoms with Crippen LogP contribution in [0, 0.1) is 5.82 Å². The molecule has 0 saturated carbocycles. The Kier molecular flexibility index (Phi) is 4.80. The second kappa shape index (κ2) is 7.32. The van der Waals surface area contributed by atoms with Gasteiger partial charge in [-0.3, -0.25) is 0 Å². The molecule has 7 nitrogen and oxygen atoms in total. The highest BCUT2D eigenvalue weighted by molar-refractivity contribution is 5.81. The summed E-state index contributed by atoms with van der Waals surface area (Å²) in [5.74, 6) is -0.442. The molecular formula is C19H13F4N3O4. The highest BCUT2D eigenvalue weighted by atomic mass is 19.4. The summed E-state index contributed by atoms with van der Waals surface area (Å²) >= 11 is 0. The van der Waals surface area contributed by atoms with Crippen molar-refractivity contribution in [1.29, 1.82) is 0 Å². The number of alkyl halides is 3. The van der Waals surface area contributed by atoms with Crippen LogP contribution >= 0.6 is 0 Å². The van der Waals surface area contributed by atoms with E-state index >= 15 is 0 Å². The van der Waals surface area contributed by atoms with Gasteiger partial charge in [-0.05, 0) is 42.8 Å². The molecule has 0 unspecified atom stereocenters. The lowest BCUT2D eigenvalue weighted by Gasteiger charge is -2.21. The summed E-state index contributed by atoms with van der Waals surface area (Å²) in [5, 5.41) is 11.1. The lowest BCUT2D eigenvalue weighted by molar-refractivity contribution is -0.274. The first-order chi connectivity index (χ1) is 14.2. The number of halogens is 4. The van der Waals surface area contributed by atoms with Crippen molar-refractivity contribution >= 4 is 5.90 Å². The summed E-state index contributed by atoms with van der Waals surface area (Å²) in [7, 11) is 0. The van der Waals surface area contributed by atoms with Gasteiger partial charge in [0.2, 0.25) is 12.3 Å². The molecule has 0 amide bonds. The van der Waals surface area contributed by atoms with E-state index in [2.05, 4.69) is 20.1 Å². The van der Waals surface area contributed by atoms with Crippen molar-refractivity contribution in [3.8, 4) is 23.0 Å². The summed E-state index contributed by atoms with van der Waals surface area (Å²) in [4.78, 5) is 5.46. The normalized spacial score (nSPS) is 18.6. The minimum absolute atomic E-state index is 0.00596. The van der Waals surface area contributed by atoms with Crippen molar-refractivity contribution in [1.82, 2.24) is 10.2 Å². The average molecular weight is 423 g/mol. The molecular weight excluding hydrogens is 410 g/mol. The van der Waals surface area contributed by atoms with Crippen LogP contribution in [0.25, 0.3) is 11.5 Å². The quantitative estimate of drug-likeness (QED) is 0.561. The van der Waals surface area contributed by atoms with E-state index in [-0.39, 0.29) is 35.3 Å². The Morgan fingerprint density at radius 2 is 1.80 bits per heavy atom. The molecule has 30 heavy (non-hydrogen) atoms. The van der Waals surface area contributed by atoms with Crippen LogP contribution in [-0.4, -0.2) is 22.5 Å². The van der Waals surface area contributed by atoms with Gasteiger partial charge in [0.25, 0.3) is 5.89 Å². The minimum Gasteiger partial charge on any atom is -0.440 e. The lowest BCUT2D eigenvalue weighted by Crippen LogP contribution is -2.23. The minimum atomic E-state index is -4.77. The molecule has 11 heteroatoms. The molecule has 3 aromatic rings. The van der Waals surface area contributed by atoms with Crippen LogP contribution < -0.4 is 9.47 Å². The zero-order valence-electron chi connectivity index (χ0n) is 15.3. The Hall–Kier alpha value is -3.63. The van der Waals surface area contributed by atoms with E-state index in [1.165, 1.54) is 42.5 Å². The van der Waals surface area contributed by atoms with Gasteiger partial charge in [0.1, 0.15) is 17.3 Å². The van der Waals surface area contributed by atoms with Crippen LogP contribution in [0.3, 0.4) is 0 Å². The number of aromatic nitrogens is 2. The van der Waals surface area contributed by atoms with E-state index in [0.29, 0.717) is 5.56 Å². The number of ether oxygens (including phenoxy) is 2. The summed E-state index contributed by atoms with van der Waals surface area (Å²) in [6.07, 6.45) is -3.50. The number of nitrogens with zero attached hydrogens (tertiary/aromatic N) is 3. The predicted molar refractivity (Wildman–Crippen MR) is 93.9 cm³/mol. The van der Waals surface area contributed by atoms with Crippen LogP contribution in [0.15, 0.2) is 58.4 Å². The maximum atomic E-state index is 14.0. The van der Waals surface area contributed by atoms with Gasteiger partial charge < -0.3 is 18.7 Å². The van der Waals surface area contributed by atoms with Gasteiger partial charge in [-0.15, -0.1) is 23.4 Å². The third kappa shape index (κ3) is 4.19.